The van der Waals surface area contributed by atoms with Crippen molar-refractivity contribution in [2.75, 3.05) is 7.11 Å². The first-order valence-electron chi connectivity index (χ1n) is 5.49. The van der Waals surface area contributed by atoms with Crippen LogP contribution in [-0.4, -0.2) is 13.4 Å². The Hall–Kier alpha value is -1.38. The fourth-order valence-electron chi connectivity index (χ4n) is 2.18. The number of rotatable bonds is 5. The van der Waals surface area contributed by atoms with Crippen molar-refractivity contribution in [3.63, 3.8) is 0 Å². The van der Waals surface area contributed by atoms with Crippen molar-refractivity contribution in [1.29, 1.82) is 0 Å². The van der Waals surface area contributed by atoms with Crippen molar-refractivity contribution < 1.29 is 13.9 Å². The monoisotopic (exact) mass is 222 g/mol. The predicted octanol–water partition coefficient (Wildman–Crippen LogP) is 2.85. The molecule has 0 spiro atoms. The van der Waals surface area contributed by atoms with Gasteiger partial charge in [-0.1, -0.05) is 0 Å². The van der Waals surface area contributed by atoms with Crippen LogP contribution in [0, 0.1) is 5.82 Å². The molecule has 0 aliphatic heterocycles. The van der Waals surface area contributed by atoms with Crippen LogP contribution in [0.15, 0.2) is 18.2 Å². The number of hydrogen-bond donors (Lipinski definition) is 0. The molecule has 0 unspecified atom stereocenters. The predicted molar refractivity (Wildman–Crippen MR) is 59.2 cm³/mol. The van der Waals surface area contributed by atoms with Crippen LogP contribution in [0.5, 0.6) is 5.75 Å². The highest BCUT2D eigenvalue weighted by atomic mass is 19.1. The molecule has 1 aliphatic carbocycles. The molecule has 0 radical (unpaired) electrons. The molecule has 16 heavy (non-hydrogen) atoms. The normalized spacial score (nSPS) is 16.9. The summed E-state index contributed by atoms with van der Waals surface area (Å²) in [4.78, 5) is 10.4. The van der Waals surface area contributed by atoms with E-state index in [0.29, 0.717) is 17.7 Å². The third kappa shape index (κ3) is 1.94. The first-order valence-corrected chi connectivity index (χ1v) is 5.49. The molecule has 0 bridgehead atoms. The zero-order valence-electron chi connectivity index (χ0n) is 9.33. The van der Waals surface area contributed by atoms with E-state index in [1.165, 1.54) is 6.07 Å². The van der Waals surface area contributed by atoms with E-state index in [1.807, 2.05) is 0 Å². The number of aldehydes is 1. The molecule has 0 aromatic heterocycles. The number of halogens is 1. The van der Waals surface area contributed by atoms with Crippen LogP contribution in [0.3, 0.4) is 0 Å². The van der Waals surface area contributed by atoms with Crippen molar-refractivity contribution >= 4 is 6.29 Å². The van der Waals surface area contributed by atoms with Gasteiger partial charge in [0.05, 0.1) is 7.11 Å². The van der Waals surface area contributed by atoms with E-state index in [1.54, 1.807) is 19.2 Å². The van der Waals surface area contributed by atoms with E-state index < -0.39 is 0 Å². The first kappa shape index (κ1) is 11.1. The Bertz CT molecular complexity index is 397. The van der Waals surface area contributed by atoms with Crippen molar-refractivity contribution in [2.24, 2.45) is 0 Å². The van der Waals surface area contributed by atoms with Gasteiger partial charge in [-0.05, 0) is 48.4 Å². The highest BCUT2D eigenvalue weighted by Crippen LogP contribution is 2.52. The van der Waals surface area contributed by atoms with Gasteiger partial charge >= 0.3 is 0 Å². The smallest absolute Gasteiger partial charge is 0.127 e. The lowest BCUT2D eigenvalue weighted by Crippen LogP contribution is -2.09. The summed E-state index contributed by atoms with van der Waals surface area (Å²) in [6.07, 6.45) is 4.06. The summed E-state index contributed by atoms with van der Waals surface area (Å²) in [7, 11) is 1.57. The lowest BCUT2D eigenvalue weighted by molar-refractivity contribution is -0.108. The fraction of sp³-hybridized carbons (Fsp3) is 0.462. The molecule has 1 saturated carbocycles. The van der Waals surface area contributed by atoms with Gasteiger partial charge in [-0.2, -0.15) is 0 Å². The number of benzene rings is 1. The second-order valence-corrected chi connectivity index (χ2v) is 4.33. The Morgan fingerprint density at radius 1 is 1.50 bits per heavy atom. The summed E-state index contributed by atoms with van der Waals surface area (Å²) < 4.78 is 18.8. The summed E-state index contributed by atoms with van der Waals surface area (Å²) >= 11 is 0. The minimum Gasteiger partial charge on any atom is -0.497 e. The van der Waals surface area contributed by atoms with Crippen LogP contribution in [0.1, 0.15) is 31.2 Å². The highest BCUT2D eigenvalue weighted by molar-refractivity contribution is 5.50. The van der Waals surface area contributed by atoms with Gasteiger partial charge in [-0.15, -0.1) is 0 Å². The van der Waals surface area contributed by atoms with Crippen LogP contribution in [-0.2, 0) is 10.2 Å². The number of methoxy groups -OCH3 is 1. The lowest BCUT2D eigenvalue weighted by Gasteiger charge is -2.16. The van der Waals surface area contributed by atoms with Gasteiger partial charge in [0.15, 0.2) is 0 Å². The van der Waals surface area contributed by atoms with Crippen LogP contribution < -0.4 is 4.74 Å². The Kier molecular flexibility index (Phi) is 2.95. The Balaban J connectivity index is 2.28. The number of ether oxygens (including phenoxy) is 1. The minimum absolute atomic E-state index is 0.112. The summed E-state index contributed by atoms with van der Waals surface area (Å²) in [5, 5.41) is 0. The Morgan fingerprint density at radius 2 is 2.25 bits per heavy atom. The Morgan fingerprint density at radius 3 is 2.81 bits per heavy atom. The van der Waals surface area contributed by atoms with Gasteiger partial charge in [-0.3, -0.25) is 0 Å². The molecule has 0 atom stereocenters. The van der Waals surface area contributed by atoms with E-state index >= 15 is 0 Å². The van der Waals surface area contributed by atoms with Gasteiger partial charge in [0.25, 0.3) is 0 Å². The maximum absolute atomic E-state index is 13.7. The maximum Gasteiger partial charge on any atom is 0.127 e. The highest BCUT2D eigenvalue weighted by Gasteiger charge is 2.45. The molecule has 86 valence electrons. The SMILES string of the molecule is COc1ccc(F)c(C2(CCC=O)CC2)c1. The summed E-state index contributed by atoms with van der Waals surface area (Å²) in [5.41, 5.74) is 0.591. The topological polar surface area (TPSA) is 26.3 Å². The first-order chi connectivity index (χ1) is 7.72. The zero-order chi connectivity index (χ0) is 11.6. The van der Waals surface area contributed by atoms with Gasteiger partial charge in [0.2, 0.25) is 0 Å². The average Bonchev–Trinajstić information content (AvgIpc) is 3.08. The number of carbonyl (C=O) groups is 1. The minimum atomic E-state index is -0.191. The molecule has 1 aliphatic rings. The standard InChI is InChI=1S/C13H15FO2/c1-16-10-3-4-12(14)11(9-10)13(6-7-13)5-2-8-15/h3-4,8-9H,2,5-7H2,1H3. The second kappa shape index (κ2) is 4.24. The third-order valence-corrected chi connectivity index (χ3v) is 3.34. The van der Waals surface area contributed by atoms with Crippen LogP contribution >= 0.6 is 0 Å². The van der Waals surface area contributed by atoms with Crippen molar-refractivity contribution in [3.8, 4) is 5.75 Å². The van der Waals surface area contributed by atoms with Crippen molar-refractivity contribution in [1.82, 2.24) is 0 Å². The molecule has 1 aromatic rings. The lowest BCUT2D eigenvalue weighted by atomic mass is 9.90. The molecular weight excluding hydrogens is 207 g/mol. The second-order valence-electron chi connectivity index (χ2n) is 4.33. The van der Waals surface area contributed by atoms with Crippen molar-refractivity contribution in [3.05, 3.63) is 29.6 Å². The summed E-state index contributed by atoms with van der Waals surface area (Å²) in [5.74, 6) is 0.484. The van der Waals surface area contributed by atoms with Crippen LogP contribution in [0.2, 0.25) is 0 Å². The van der Waals surface area contributed by atoms with E-state index in [4.69, 9.17) is 4.74 Å². The molecular formula is C13H15FO2. The summed E-state index contributed by atoms with van der Waals surface area (Å²) in [6.45, 7) is 0. The van der Waals surface area contributed by atoms with E-state index in [0.717, 1.165) is 25.5 Å². The fourth-order valence-corrected chi connectivity index (χ4v) is 2.18. The van der Waals surface area contributed by atoms with Crippen molar-refractivity contribution in [2.45, 2.75) is 31.1 Å². The van der Waals surface area contributed by atoms with E-state index in [-0.39, 0.29) is 11.2 Å². The van der Waals surface area contributed by atoms with Gasteiger partial charge < -0.3 is 9.53 Å². The molecule has 0 N–H and O–H groups in total. The number of hydrogen-bond acceptors (Lipinski definition) is 2. The molecule has 1 fully saturated rings. The van der Waals surface area contributed by atoms with Crippen LogP contribution in [0.4, 0.5) is 4.39 Å². The third-order valence-electron chi connectivity index (χ3n) is 3.34. The molecule has 3 heteroatoms. The van der Waals surface area contributed by atoms with Crippen LogP contribution in [0.25, 0.3) is 0 Å². The molecule has 2 nitrogen and oxygen atoms in total. The van der Waals surface area contributed by atoms with Gasteiger partial charge in [0, 0.05) is 6.42 Å². The van der Waals surface area contributed by atoms with E-state index in [2.05, 4.69) is 0 Å². The maximum atomic E-state index is 13.7. The zero-order valence-corrected chi connectivity index (χ0v) is 9.33. The largest absolute Gasteiger partial charge is 0.497 e. The molecule has 1 aromatic carbocycles. The average molecular weight is 222 g/mol. The summed E-state index contributed by atoms with van der Waals surface area (Å²) in [6, 6.07) is 4.82. The molecule has 0 amide bonds. The molecule has 2 rings (SSSR count). The van der Waals surface area contributed by atoms with Gasteiger partial charge in [-0.25, -0.2) is 4.39 Å². The quantitative estimate of drug-likeness (QED) is 0.716. The molecule has 0 heterocycles. The van der Waals surface area contributed by atoms with Gasteiger partial charge in [0.1, 0.15) is 17.9 Å². The molecule has 0 saturated heterocycles. The Labute approximate surface area is 94.4 Å². The number of carbonyl (C=O) groups excluding carboxylic acids is 1. The van der Waals surface area contributed by atoms with E-state index in [9.17, 15) is 9.18 Å².